The van der Waals surface area contributed by atoms with E-state index in [0.29, 0.717) is 6.42 Å². The lowest BCUT2D eigenvalue weighted by molar-refractivity contribution is 0.0714. The van der Waals surface area contributed by atoms with Gasteiger partial charge in [-0.2, -0.15) is 0 Å². The van der Waals surface area contributed by atoms with E-state index in [1.54, 1.807) is 0 Å². The summed E-state index contributed by atoms with van der Waals surface area (Å²) in [6, 6.07) is 2.82. The SMILES string of the molecule is O=C(N[C@@H]1CCCC[C@H]1O)c1nc(Cl)ccc1Cl. The number of carbonyl (C=O) groups excluding carboxylic acids is 1. The molecule has 1 saturated carbocycles. The Hall–Kier alpha value is -0.840. The van der Waals surface area contributed by atoms with Gasteiger partial charge >= 0.3 is 0 Å². The minimum Gasteiger partial charge on any atom is -0.391 e. The van der Waals surface area contributed by atoms with E-state index >= 15 is 0 Å². The second-order valence-corrected chi connectivity index (χ2v) is 5.19. The number of hydrogen-bond acceptors (Lipinski definition) is 3. The van der Waals surface area contributed by atoms with Crippen LogP contribution in [0.2, 0.25) is 10.2 Å². The number of aliphatic hydroxyl groups excluding tert-OH is 1. The van der Waals surface area contributed by atoms with Gasteiger partial charge in [-0.15, -0.1) is 0 Å². The average Bonchev–Trinajstić information content (AvgIpc) is 2.35. The van der Waals surface area contributed by atoms with Gasteiger partial charge in [-0.1, -0.05) is 36.0 Å². The first-order chi connectivity index (χ1) is 8.58. The van der Waals surface area contributed by atoms with Crippen LogP contribution in [-0.4, -0.2) is 28.1 Å². The van der Waals surface area contributed by atoms with Crippen molar-refractivity contribution in [2.45, 2.75) is 37.8 Å². The molecule has 4 nitrogen and oxygen atoms in total. The second-order valence-electron chi connectivity index (χ2n) is 4.40. The number of hydrogen-bond donors (Lipinski definition) is 2. The largest absolute Gasteiger partial charge is 0.391 e. The van der Waals surface area contributed by atoms with Gasteiger partial charge in [0.2, 0.25) is 0 Å². The summed E-state index contributed by atoms with van der Waals surface area (Å²) < 4.78 is 0. The van der Waals surface area contributed by atoms with Gasteiger partial charge < -0.3 is 10.4 Å². The van der Waals surface area contributed by atoms with Crippen LogP contribution in [0.3, 0.4) is 0 Å². The number of pyridine rings is 1. The Balaban J connectivity index is 2.09. The molecule has 0 aromatic carbocycles. The summed E-state index contributed by atoms with van der Waals surface area (Å²) in [6.45, 7) is 0. The van der Waals surface area contributed by atoms with Crippen molar-refractivity contribution in [3.05, 3.63) is 28.0 Å². The molecule has 6 heteroatoms. The molecule has 1 heterocycles. The van der Waals surface area contributed by atoms with E-state index in [4.69, 9.17) is 23.2 Å². The predicted molar refractivity (Wildman–Crippen MR) is 70.0 cm³/mol. The van der Waals surface area contributed by atoms with Gasteiger partial charge in [-0.3, -0.25) is 4.79 Å². The molecule has 0 aliphatic heterocycles. The van der Waals surface area contributed by atoms with Crippen molar-refractivity contribution < 1.29 is 9.90 Å². The first kappa shape index (κ1) is 13.6. The van der Waals surface area contributed by atoms with Crippen molar-refractivity contribution in [1.82, 2.24) is 10.3 Å². The maximum atomic E-state index is 12.0. The van der Waals surface area contributed by atoms with Crippen molar-refractivity contribution in [2.24, 2.45) is 0 Å². The van der Waals surface area contributed by atoms with E-state index in [2.05, 4.69) is 10.3 Å². The van der Waals surface area contributed by atoms with Crippen LogP contribution >= 0.6 is 23.2 Å². The topological polar surface area (TPSA) is 62.2 Å². The lowest BCUT2D eigenvalue weighted by Gasteiger charge is -2.28. The summed E-state index contributed by atoms with van der Waals surface area (Å²) in [7, 11) is 0. The molecular weight excluding hydrogens is 275 g/mol. The van der Waals surface area contributed by atoms with Crippen LogP contribution in [0.25, 0.3) is 0 Å². The molecule has 1 amide bonds. The Morgan fingerprint density at radius 3 is 2.78 bits per heavy atom. The first-order valence-electron chi connectivity index (χ1n) is 5.89. The number of rotatable bonds is 2. The van der Waals surface area contributed by atoms with Gasteiger partial charge in [0.1, 0.15) is 10.8 Å². The number of aliphatic hydroxyl groups is 1. The molecule has 98 valence electrons. The lowest BCUT2D eigenvalue weighted by Crippen LogP contribution is -2.45. The van der Waals surface area contributed by atoms with Crippen LogP contribution in [-0.2, 0) is 0 Å². The fraction of sp³-hybridized carbons (Fsp3) is 0.500. The lowest BCUT2D eigenvalue weighted by atomic mass is 9.92. The first-order valence-corrected chi connectivity index (χ1v) is 6.64. The maximum absolute atomic E-state index is 12.0. The second kappa shape index (κ2) is 5.87. The fourth-order valence-electron chi connectivity index (χ4n) is 2.09. The van der Waals surface area contributed by atoms with E-state index in [0.717, 1.165) is 19.3 Å². The third-order valence-electron chi connectivity index (χ3n) is 3.07. The molecule has 1 fully saturated rings. The Labute approximate surface area is 115 Å². The van der Waals surface area contributed by atoms with Crippen molar-refractivity contribution in [3.8, 4) is 0 Å². The van der Waals surface area contributed by atoms with Crippen LogP contribution in [0, 0.1) is 0 Å². The summed E-state index contributed by atoms with van der Waals surface area (Å²) in [6.07, 6.45) is 2.97. The quantitative estimate of drug-likeness (QED) is 0.822. The molecule has 2 rings (SSSR count). The van der Waals surface area contributed by atoms with Crippen LogP contribution in [0.4, 0.5) is 0 Å². The summed E-state index contributed by atoms with van der Waals surface area (Å²) in [5.41, 5.74) is 0.0990. The van der Waals surface area contributed by atoms with Crippen LogP contribution < -0.4 is 5.32 Å². The zero-order chi connectivity index (χ0) is 13.1. The normalized spacial score (nSPS) is 23.7. The molecular formula is C12H14Cl2N2O2. The highest BCUT2D eigenvalue weighted by atomic mass is 35.5. The zero-order valence-electron chi connectivity index (χ0n) is 9.70. The number of halogens is 2. The maximum Gasteiger partial charge on any atom is 0.271 e. The Morgan fingerprint density at radius 2 is 2.06 bits per heavy atom. The van der Waals surface area contributed by atoms with E-state index in [1.165, 1.54) is 12.1 Å². The summed E-state index contributed by atoms with van der Waals surface area (Å²) in [5.74, 6) is -0.395. The van der Waals surface area contributed by atoms with Crippen molar-refractivity contribution in [2.75, 3.05) is 0 Å². The molecule has 0 bridgehead atoms. The van der Waals surface area contributed by atoms with Gasteiger partial charge in [0.05, 0.1) is 17.2 Å². The highest BCUT2D eigenvalue weighted by Crippen LogP contribution is 2.20. The molecule has 2 N–H and O–H groups in total. The number of amides is 1. The van der Waals surface area contributed by atoms with Crippen LogP contribution in [0.5, 0.6) is 0 Å². The van der Waals surface area contributed by atoms with E-state index in [1.807, 2.05) is 0 Å². The molecule has 18 heavy (non-hydrogen) atoms. The molecule has 0 unspecified atom stereocenters. The number of carbonyl (C=O) groups is 1. The minimum absolute atomic E-state index is 0.0990. The summed E-state index contributed by atoms with van der Waals surface area (Å²) >= 11 is 11.6. The Kier molecular flexibility index (Phi) is 4.43. The smallest absolute Gasteiger partial charge is 0.271 e. The van der Waals surface area contributed by atoms with E-state index in [9.17, 15) is 9.90 Å². The van der Waals surface area contributed by atoms with Gasteiger partial charge in [0, 0.05) is 0 Å². The molecule has 1 aliphatic rings. The standard InChI is InChI=1S/C12H14Cl2N2O2/c13-7-5-6-10(14)16-11(7)12(18)15-8-3-1-2-4-9(8)17/h5-6,8-9,17H,1-4H2,(H,15,18)/t8-,9-/m1/s1. The number of nitrogens with zero attached hydrogens (tertiary/aromatic N) is 1. The molecule has 0 radical (unpaired) electrons. The third-order valence-corrected chi connectivity index (χ3v) is 3.59. The van der Waals surface area contributed by atoms with E-state index in [-0.39, 0.29) is 21.9 Å². The third kappa shape index (κ3) is 3.13. The molecule has 0 saturated heterocycles. The van der Waals surface area contributed by atoms with Crippen molar-refractivity contribution in [1.29, 1.82) is 0 Å². The van der Waals surface area contributed by atoms with Crippen molar-refractivity contribution >= 4 is 29.1 Å². The van der Waals surface area contributed by atoms with Gasteiger partial charge in [0.25, 0.3) is 5.91 Å². The summed E-state index contributed by atoms with van der Waals surface area (Å²) in [5, 5.41) is 13.0. The minimum atomic E-state index is -0.499. The fourth-order valence-corrected chi connectivity index (χ4v) is 2.43. The Morgan fingerprint density at radius 1 is 1.33 bits per heavy atom. The van der Waals surface area contributed by atoms with Gasteiger partial charge in [-0.05, 0) is 25.0 Å². The molecule has 1 aromatic heterocycles. The predicted octanol–water partition coefficient (Wildman–Crippen LogP) is 2.42. The van der Waals surface area contributed by atoms with Gasteiger partial charge in [-0.25, -0.2) is 4.98 Å². The monoisotopic (exact) mass is 288 g/mol. The molecule has 0 spiro atoms. The number of nitrogens with one attached hydrogen (secondary N) is 1. The van der Waals surface area contributed by atoms with Crippen molar-refractivity contribution in [3.63, 3.8) is 0 Å². The number of aromatic nitrogens is 1. The van der Waals surface area contributed by atoms with Crippen LogP contribution in [0.1, 0.15) is 36.2 Å². The highest BCUT2D eigenvalue weighted by Gasteiger charge is 2.26. The zero-order valence-corrected chi connectivity index (χ0v) is 11.2. The molecule has 2 atom stereocenters. The molecule has 1 aromatic rings. The molecule has 1 aliphatic carbocycles. The van der Waals surface area contributed by atoms with Crippen LogP contribution in [0.15, 0.2) is 12.1 Å². The Bertz CT molecular complexity index is 454. The summed E-state index contributed by atoms with van der Waals surface area (Å²) in [4.78, 5) is 15.9. The highest BCUT2D eigenvalue weighted by molar-refractivity contribution is 6.34. The average molecular weight is 289 g/mol. The van der Waals surface area contributed by atoms with Gasteiger partial charge in [0.15, 0.2) is 0 Å². The van der Waals surface area contributed by atoms with E-state index < -0.39 is 12.0 Å².